The average Bonchev–Trinajstić information content (AvgIpc) is 2.27. The summed E-state index contributed by atoms with van der Waals surface area (Å²) in [5, 5.41) is 0. The third kappa shape index (κ3) is 1.28. The zero-order valence-electron chi connectivity index (χ0n) is 6.29. The summed E-state index contributed by atoms with van der Waals surface area (Å²) in [6.07, 6.45) is 0.781. The van der Waals surface area contributed by atoms with E-state index in [9.17, 15) is 4.55 Å². The van der Waals surface area contributed by atoms with Gasteiger partial charge < -0.3 is 8.97 Å². The van der Waals surface area contributed by atoms with Crippen LogP contribution in [-0.2, 0) is 23.3 Å². The lowest BCUT2D eigenvalue weighted by molar-refractivity contribution is 0.475. The quantitative estimate of drug-likeness (QED) is 0.542. The van der Waals surface area contributed by atoms with Crippen LogP contribution in [0.5, 0.6) is 0 Å². The molecule has 0 bridgehead atoms. The predicted molar refractivity (Wildman–Crippen MR) is 41.7 cm³/mol. The van der Waals surface area contributed by atoms with E-state index in [0.29, 0.717) is 11.6 Å². The van der Waals surface area contributed by atoms with Gasteiger partial charge in [0.25, 0.3) is 0 Å². The second-order valence-electron chi connectivity index (χ2n) is 2.64. The van der Waals surface area contributed by atoms with Crippen LogP contribution in [0.1, 0.15) is 17.3 Å². The van der Waals surface area contributed by atoms with Crippen molar-refractivity contribution in [2.45, 2.75) is 19.1 Å². The van der Waals surface area contributed by atoms with Crippen LogP contribution in [0.25, 0.3) is 0 Å². The summed E-state index contributed by atoms with van der Waals surface area (Å²) in [5.41, 5.74) is 0.895. The lowest BCUT2D eigenvalue weighted by Gasteiger charge is -2.13. The molecule has 0 aliphatic carbocycles. The Balaban J connectivity index is 2.34. The highest BCUT2D eigenvalue weighted by molar-refractivity contribution is 7.90. The molecule has 1 aliphatic heterocycles. The molecule has 4 heteroatoms. The van der Waals surface area contributed by atoms with Crippen LogP contribution in [0.3, 0.4) is 0 Å². The highest BCUT2D eigenvalue weighted by Crippen LogP contribution is 2.20. The van der Waals surface area contributed by atoms with Gasteiger partial charge in [0.2, 0.25) is 0 Å². The molecule has 0 spiro atoms. The highest BCUT2D eigenvalue weighted by Gasteiger charge is 2.23. The maximum atomic E-state index is 11.1. The lowest BCUT2D eigenvalue weighted by atomic mass is 10.3. The number of nitrogens with zero attached hydrogens (tertiary/aromatic N) is 1. The third-order valence-corrected chi connectivity index (χ3v) is 2.99. The van der Waals surface area contributed by atoms with Crippen molar-refractivity contribution >= 4 is 11.2 Å². The number of hydrogen-bond acceptors (Lipinski definition) is 3. The fraction of sp³-hybridized carbons (Fsp3) is 0.571. The molecule has 3 nitrogen and oxygen atoms in total. The molecule has 2 rings (SSSR count). The van der Waals surface area contributed by atoms with Gasteiger partial charge >= 0.3 is 0 Å². The fourth-order valence-corrected chi connectivity index (χ4v) is 2.34. The van der Waals surface area contributed by atoms with Crippen LogP contribution < -0.4 is 0 Å². The lowest BCUT2D eigenvalue weighted by Crippen LogP contribution is -2.18. The zero-order valence-corrected chi connectivity index (χ0v) is 7.11. The Morgan fingerprint density at radius 1 is 1.64 bits per heavy atom. The van der Waals surface area contributed by atoms with Crippen LogP contribution in [0.2, 0.25) is 0 Å². The van der Waals surface area contributed by atoms with E-state index in [2.05, 4.69) is 4.98 Å². The van der Waals surface area contributed by atoms with Gasteiger partial charge in [-0.05, 0) is 11.2 Å². The van der Waals surface area contributed by atoms with E-state index in [4.69, 9.17) is 4.42 Å². The van der Waals surface area contributed by atoms with Crippen molar-refractivity contribution in [3.05, 3.63) is 17.3 Å². The van der Waals surface area contributed by atoms with Crippen molar-refractivity contribution in [1.29, 1.82) is 0 Å². The Bertz CT molecular complexity index is 271. The number of oxazole rings is 1. The Morgan fingerprint density at radius 2 is 2.45 bits per heavy atom. The summed E-state index contributed by atoms with van der Waals surface area (Å²) in [6, 6.07) is 0. The zero-order chi connectivity index (χ0) is 7.84. The minimum absolute atomic E-state index is 0.576. The van der Waals surface area contributed by atoms with Gasteiger partial charge in [0, 0.05) is 6.92 Å². The molecule has 60 valence electrons. The van der Waals surface area contributed by atoms with Crippen molar-refractivity contribution in [3.8, 4) is 0 Å². The van der Waals surface area contributed by atoms with Gasteiger partial charge in [-0.25, -0.2) is 4.98 Å². The number of rotatable bonds is 0. The molecule has 2 heterocycles. The maximum absolute atomic E-state index is 11.1. The number of aromatic nitrogens is 1. The molecular formula is C7H9NO2S. The van der Waals surface area contributed by atoms with E-state index in [1.807, 2.05) is 6.92 Å². The van der Waals surface area contributed by atoms with Crippen LogP contribution in [0.15, 0.2) is 4.42 Å². The fourth-order valence-electron chi connectivity index (χ4n) is 1.25. The first kappa shape index (κ1) is 7.18. The molecule has 0 fully saturated rings. The van der Waals surface area contributed by atoms with E-state index >= 15 is 0 Å². The third-order valence-electron chi connectivity index (χ3n) is 1.74. The SMILES string of the molecule is Cc1nc2c(o1)CC[S+]([O-])C2. The molecule has 1 atom stereocenters. The number of aryl methyl sites for hydroxylation is 2. The van der Waals surface area contributed by atoms with E-state index in [1.165, 1.54) is 0 Å². The first-order chi connectivity index (χ1) is 5.25. The normalized spacial score (nSPS) is 23.3. The maximum Gasteiger partial charge on any atom is 0.191 e. The Kier molecular flexibility index (Phi) is 1.65. The minimum Gasteiger partial charge on any atom is -0.616 e. The van der Waals surface area contributed by atoms with Crippen LogP contribution in [0, 0.1) is 6.92 Å². The van der Waals surface area contributed by atoms with Gasteiger partial charge in [-0.3, -0.25) is 0 Å². The van der Waals surface area contributed by atoms with E-state index in [-0.39, 0.29) is 0 Å². The molecule has 0 saturated carbocycles. The summed E-state index contributed by atoms with van der Waals surface area (Å²) >= 11 is -0.711. The smallest absolute Gasteiger partial charge is 0.191 e. The monoisotopic (exact) mass is 171 g/mol. The Labute approximate surface area is 68.0 Å². The van der Waals surface area contributed by atoms with Crippen LogP contribution in [-0.4, -0.2) is 15.3 Å². The molecule has 0 aromatic carbocycles. The first-order valence-electron chi connectivity index (χ1n) is 3.56. The molecule has 0 amide bonds. The Morgan fingerprint density at radius 3 is 3.27 bits per heavy atom. The minimum atomic E-state index is -0.711. The van der Waals surface area contributed by atoms with Crippen molar-refractivity contribution in [2.75, 3.05) is 5.75 Å². The largest absolute Gasteiger partial charge is 0.616 e. The summed E-state index contributed by atoms with van der Waals surface area (Å²) in [7, 11) is 0. The number of fused-ring (bicyclic) bond motifs is 1. The molecule has 1 unspecified atom stereocenters. The summed E-state index contributed by atoms with van der Waals surface area (Å²) in [4.78, 5) is 4.14. The number of hydrogen-bond donors (Lipinski definition) is 0. The molecule has 0 saturated heterocycles. The summed E-state index contributed by atoms with van der Waals surface area (Å²) in [6.45, 7) is 1.82. The average molecular weight is 171 g/mol. The molecule has 0 radical (unpaired) electrons. The van der Waals surface area contributed by atoms with Crippen molar-refractivity contribution < 1.29 is 8.97 Å². The Hall–Kier alpha value is -0.480. The molecule has 11 heavy (non-hydrogen) atoms. The van der Waals surface area contributed by atoms with Crippen LogP contribution >= 0.6 is 0 Å². The second-order valence-corrected chi connectivity index (χ2v) is 4.22. The van der Waals surface area contributed by atoms with Gasteiger partial charge in [-0.15, -0.1) is 0 Å². The van der Waals surface area contributed by atoms with Crippen LogP contribution in [0.4, 0.5) is 0 Å². The summed E-state index contributed by atoms with van der Waals surface area (Å²) in [5.74, 6) is 2.92. The van der Waals surface area contributed by atoms with Crippen molar-refractivity contribution in [3.63, 3.8) is 0 Å². The van der Waals surface area contributed by atoms with Gasteiger partial charge in [0.1, 0.15) is 17.2 Å². The van der Waals surface area contributed by atoms with E-state index in [0.717, 1.165) is 23.6 Å². The summed E-state index contributed by atoms with van der Waals surface area (Å²) < 4.78 is 16.4. The molecule has 1 aromatic rings. The van der Waals surface area contributed by atoms with E-state index < -0.39 is 11.2 Å². The topological polar surface area (TPSA) is 49.1 Å². The standard InChI is InChI=1S/C7H9NO2S/c1-5-8-6-4-11(9)3-2-7(6)10-5/h2-4H2,1H3. The molecule has 1 aromatic heterocycles. The molecular weight excluding hydrogens is 162 g/mol. The first-order valence-corrected chi connectivity index (χ1v) is 5.04. The van der Waals surface area contributed by atoms with Gasteiger partial charge in [0.15, 0.2) is 11.6 Å². The molecule has 0 N–H and O–H groups in total. The second kappa shape index (κ2) is 2.53. The van der Waals surface area contributed by atoms with Gasteiger partial charge in [-0.2, -0.15) is 0 Å². The molecule has 1 aliphatic rings. The highest BCUT2D eigenvalue weighted by atomic mass is 32.2. The van der Waals surface area contributed by atoms with E-state index in [1.54, 1.807) is 0 Å². The van der Waals surface area contributed by atoms with Crippen molar-refractivity contribution in [2.24, 2.45) is 0 Å². The van der Waals surface area contributed by atoms with Gasteiger partial charge in [-0.1, -0.05) is 0 Å². The van der Waals surface area contributed by atoms with Gasteiger partial charge in [0.05, 0.1) is 6.42 Å². The predicted octanol–water partition coefficient (Wildman–Crippen LogP) is 0.788. The van der Waals surface area contributed by atoms with Crippen molar-refractivity contribution in [1.82, 2.24) is 4.98 Å².